The SMILES string of the molecule is Nc1ccc2c(c1)CCCC(c1ccc3[nH]ncc3c1)=C2c1ccc(OC2CCN(CCCF)C2)cc1. The van der Waals surface area contributed by atoms with Crippen LogP contribution in [0.25, 0.3) is 22.0 Å². The second-order valence-electron chi connectivity index (χ2n) is 10.2. The van der Waals surface area contributed by atoms with Crippen LogP contribution in [0.3, 0.4) is 0 Å². The largest absolute Gasteiger partial charge is 0.489 e. The van der Waals surface area contributed by atoms with Gasteiger partial charge in [-0.3, -0.25) is 14.4 Å². The van der Waals surface area contributed by atoms with Crippen molar-refractivity contribution < 1.29 is 9.13 Å². The average molecular weight is 497 g/mol. The molecule has 6 rings (SSSR count). The number of hydrogen-bond donors (Lipinski definition) is 2. The third-order valence-electron chi connectivity index (χ3n) is 7.64. The summed E-state index contributed by atoms with van der Waals surface area (Å²) in [6, 6.07) is 21.4. The molecule has 2 heterocycles. The van der Waals surface area contributed by atoms with Crippen LogP contribution in [0.15, 0.2) is 66.9 Å². The number of H-pyrrole nitrogens is 1. The Bertz CT molecular complexity index is 1420. The number of aromatic amines is 1. The molecule has 1 unspecified atom stereocenters. The van der Waals surface area contributed by atoms with Crippen molar-refractivity contribution in [2.24, 2.45) is 0 Å². The van der Waals surface area contributed by atoms with Crippen LogP contribution in [0, 0.1) is 0 Å². The number of fused-ring (bicyclic) bond motifs is 2. The van der Waals surface area contributed by atoms with Gasteiger partial charge in [-0.05, 0) is 102 Å². The molecule has 1 aromatic heterocycles. The highest BCUT2D eigenvalue weighted by Crippen LogP contribution is 2.41. The van der Waals surface area contributed by atoms with Crippen LogP contribution in [0.5, 0.6) is 5.75 Å². The zero-order valence-electron chi connectivity index (χ0n) is 21.1. The number of nitrogens with zero attached hydrogens (tertiary/aromatic N) is 2. The van der Waals surface area contributed by atoms with Gasteiger partial charge in [0.2, 0.25) is 0 Å². The van der Waals surface area contributed by atoms with Crippen molar-refractivity contribution in [2.45, 2.75) is 38.2 Å². The van der Waals surface area contributed by atoms with E-state index in [0.29, 0.717) is 6.42 Å². The first kappa shape index (κ1) is 23.7. The second kappa shape index (κ2) is 10.4. The summed E-state index contributed by atoms with van der Waals surface area (Å²) >= 11 is 0. The molecule has 1 aliphatic heterocycles. The van der Waals surface area contributed by atoms with E-state index in [1.807, 2.05) is 12.3 Å². The summed E-state index contributed by atoms with van der Waals surface area (Å²) in [6.45, 7) is 2.38. The zero-order valence-corrected chi connectivity index (χ0v) is 21.1. The Labute approximate surface area is 217 Å². The highest BCUT2D eigenvalue weighted by molar-refractivity contribution is 6.01. The van der Waals surface area contributed by atoms with Gasteiger partial charge in [-0.15, -0.1) is 0 Å². The molecule has 3 N–H and O–H groups in total. The number of nitrogens with two attached hydrogens (primary N) is 1. The summed E-state index contributed by atoms with van der Waals surface area (Å²) in [6.07, 6.45) is 6.68. The van der Waals surface area contributed by atoms with Crippen LogP contribution in [-0.2, 0) is 6.42 Å². The zero-order chi connectivity index (χ0) is 25.2. The van der Waals surface area contributed by atoms with Crippen molar-refractivity contribution >= 4 is 27.7 Å². The van der Waals surface area contributed by atoms with Crippen LogP contribution < -0.4 is 10.5 Å². The van der Waals surface area contributed by atoms with E-state index < -0.39 is 0 Å². The van der Waals surface area contributed by atoms with Gasteiger partial charge in [0, 0.05) is 30.7 Å². The summed E-state index contributed by atoms with van der Waals surface area (Å²) in [5.74, 6) is 0.884. The number of aromatic nitrogens is 2. The Hall–Kier alpha value is -3.64. The van der Waals surface area contributed by atoms with E-state index in [4.69, 9.17) is 10.5 Å². The molecule has 0 spiro atoms. The fraction of sp³-hybridized carbons (Fsp3) is 0.323. The number of nitrogen functional groups attached to an aromatic ring is 1. The number of benzene rings is 3. The maximum atomic E-state index is 12.5. The van der Waals surface area contributed by atoms with E-state index in [2.05, 4.69) is 69.7 Å². The van der Waals surface area contributed by atoms with Gasteiger partial charge in [0.1, 0.15) is 11.9 Å². The minimum atomic E-state index is -0.257. The molecule has 1 atom stereocenters. The van der Waals surface area contributed by atoms with E-state index in [9.17, 15) is 4.39 Å². The molecule has 0 bridgehead atoms. The number of halogens is 1. The van der Waals surface area contributed by atoms with E-state index in [-0.39, 0.29) is 12.8 Å². The molecule has 0 amide bonds. The van der Waals surface area contributed by atoms with Crippen molar-refractivity contribution in [3.8, 4) is 5.75 Å². The lowest BCUT2D eigenvalue weighted by molar-refractivity contribution is 0.198. The molecule has 2 aliphatic rings. The molecule has 4 aromatic rings. The van der Waals surface area contributed by atoms with Crippen LogP contribution in [0.4, 0.5) is 10.1 Å². The number of ether oxygens (including phenoxy) is 1. The van der Waals surface area contributed by atoms with Gasteiger partial charge in [-0.1, -0.05) is 24.3 Å². The number of alkyl halides is 1. The standard InChI is InChI=1S/C31H33FN4O/c32-14-2-15-36-16-13-27(20-36)37-26-9-5-21(6-10-26)31-28(23-7-12-30-24(17-23)19-34-35-30)4-1-3-22-18-25(33)8-11-29(22)31/h5-12,17-19,27H,1-4,13-16,20,33H2,(H,34,35). The fourth-order valence-electron chi connectivity index (χ4n) is 5.83. The molecule has 0 saturated carbocycles. The monoisotopic (exact) mass is 496 g/mol. The summed E-state index contributed by atoms with van der Waals surface area (Å²) in [7, 11) is 0. The van der Waals surface area contributed by atoms with Gasteiger partial charge in [0.25, 0.3) is 0 Å². The average Bonchev–Trinajstić information content (AvgIpc) is 3.53. The molecule has 3 aromatic carbocycles. The lowest BCUT2D eigenvalue weighted by atomic mass is 9.87. The lowest BCUT2D eigenvalue weighted by Gasteiger charge is -2.19. The van der Waals surface area contributed by atoms with Crippen molar-refractivity contribution in [3.63, 3.8) is 0 Å². The number of rotatable bonds is 7. The van der Waals surface area contributed by atoms with E-state index in [1.54, 1.807) is 0 Å². The fourth-order valence-corrected chi connectivity index (χ4v) is 5.83. The van der Waals surface area contributed by atoms with Crippen molar-refractivity contribution in [1.29, 1.82) is 0 Å². The molecule has 5 nitrogen and oxygen atoms in total. The number of likely N-dealkylation sites (tertiary alicyclic amines) is 1. The predicted octanol–water partition coefficient (Wildman–Crippen LogP) is 6.25. The maximum absolute atomic E-state index is 12.5. The minimum Gasteiger partial charge on any atom is -0.489 e. The first-order chi connectivity index (χ1) is 18.2. The Morgan fingerprint density at radius 1 is 1.03 bits per heavy atom. The topological polar surface area (TPSA) is 67.2 Å². The third kappa shape index (κ3) is 4.98. The molecule has 1 saturated heterocycles. The normalized spacial score (nSPS) is 18.2. The molecule has 0 radical (unpaired) electrons. The lowest BCUT2D eigenvalue weighted by Crippen LogP contribution is -2.26. The second-order valence-corrected chi connectivity index (χ2v) is 10.2. The van der Waals surface area contributed by atoms with Crippen molar-refractivity contribution in [1.82, 2.24) is 15.1 Å². The van der Waals surface area contributed by atoms with Crippen molar-refractivity contribution in [2.75, 3.05) is 32.0 Å². The van der Waals surface area contributed by atoms with Gasteiger partial charge >= 0.3 is 0 Å². The van der Waals surface area contributed by atoms with Crippen molar-refractivity contribution in [3.05, 3.63) is 89.1 Å². The molecule has 1 fully saturated rings. The Morgan fingerprint density at radius 3 is 2.76 bits per heavy atom. The Balaban J connectivity index is 1.35. The third-order valence-corrected chi connectivity index (χ3v) is 7.64. The van der Waals surface area contributed by atoms with Gasteiger partial charge in [0.15, 0.2) is 0 Å². The predicted molar refractivity (Wildman–Crippen MR) is 148 cm³/mol. The van der Waals surface area contributed by atoms with Crippen LogP contribution in [0.2, 0.25) is 0 Å². The first-order valence-electron chi connectivity index (χ1n) is 13.3. The molecular weight excluding hydrogens is 463 g/mol. The van der Waals surface area contributed by atoms with E-state index in [0.717, 1.165) is 67.7 Å². The summed E-state index contributed by atoms with van der Waals surface area (Å²) in [4.78, 5) is 2.29. The number of hydrogen-bond acceptors (Lipinski definition) is 4. The number of anilines is 1. The smallest absolute Gasteiger partial charge is 0.119 e. The summed E-state index contributed by atoms with van der Waals surface area (Å²) in [5, 5.41) is 8.39. The van der Waals surface area contributed by atoms with E-state index >= 15 is 0 Å². The molecule has 6 heteroatoms. The van der Waals surface area contributed by atoms with Crippen LogP contribution in [0.1, 0.15) is 47.9 Å². The van der Waals surface area contributed by atoms with E-state index in [1.165, 1.54) is 33.4 Å². The Morgan fingerprint density at radius 2 is 1.89 bits per heavy atom. The quantitative estimate of drug-likeness (QED) is 0.297. The summed E-state index contributed by atoms with van der Waals surface area (Å²) < 4.78 is 18.8. The number of aryl methyl sites for hydroxylation is 1. The van der Waals surface area contributed by atoms with Crippen LogP contribution in [-0.4, -0.2) is 47.5 Å². The van der Waals surface area contributed by atoms with Gasteiger partial charge < -0.3 is 10.5 Å². The van der Waals surface area contributed by atoms with Gasteiger partial charge in [-0.2, -0.15) is 5.10 Å². The maximum Gasteiger partial charge on any atom is 0.119 e. The number of allylic oxidation sites excluding steroid dienone is 1. The highest BCUT2D eigenvalue weighted by Gasteiger charge is 2.24. The van der Waals surface area contributed by atoms with Gasteiger partial charge in [0.05, 0.1) is 18.4 Å². The summed E-state index contributed by atoms with van der Waals surface area (Å²) in [5.41, 5.74) is 15.6. The first-order valence-corrected chi connectivity index (χ1v) is 13.3. The van der Waals surface area contributed by atoms with Gasteiger partial charge in [-0.25, -0.2) is 0 Å². The Kier molecular flexibility index (Phi) is 6.66. The van der Waals surface area contributed by atoms with Crippen LogP contribution >= 0.6 is 0 Å². The molecule has 1 aliphatic carbocycles. The molecule has 37 heavy (non-hydrogen) atoms. The highest BCUT2D eigenvalue weighted by atomic mass is 19.1. The minimum absolute atomic E-state index is 0.156. The molecule has 190 valence electrons. The number of nitrogens with one attached hydrogen (secondary N) is 1. The molecular formula is C31H33FN4O.